The fourth-order valence-electron chi connectivity index (χ4n) is 10.5. The summed E-state index contributed by atoms with van der Waals surface area (Å²) in [6.45, 7) is 10.0. The van der Waals surface area contributed by atoms with Crippen LogP contribution in [0.4, 0.5) is 0 Å². The second kappa shape index (κ2) is 10.8. The van der Waals surface area contributed by atoms with Gasteiger partial charge in [-0.25, -0.2) is 9.97 Å². The molecule has 4 heterocycles. The first-order chi connectivity index (χ1) is 24.3. The van der Waals surface area contributed by atoms with Gasteiger partial charge in [0, 0.05) is 34.4 Å². The van der Waals surface area contributed by atoms with Crippen LogP contribution in [-0.4, -0.2) is 19.9 Å². The topological polar surface area (TPSA) is 51.6 Å². The van der Waals surface area contributed by atoms with E-state index in [-0.39, 0.29) is 10.8 Å². The molecule has 4 aromatic heterocycles. The average Bonchev–Trinajstić information content (AvgIpc) is 3.17. The maximum absolute atomic E-state index is 5.62. The van der Waals surface area contributed by atoms with Gasteiger partial charge in [-0.1, -0.05) is 113 Å². The zero-order valence-electron chi connectivity index (χ0n) is 29.2. The lowest BCUT2D eigenvalue weighted by Gasteiger charge is -2.67. The molecule has 0 aliphatic heterocycles. The Morgan fingerprint density at radius 1 is 0.400 bits per heavy atom. The van der Waals surface area contributed by atoms with E-state index in [4.69, 9.17) is 19.9 Å². The van der Waals surface area contributed by atoms with E-state index < -0.39 is 0 Å². The Hall–Kier alpha value is -4.96. The Balaban J connectivity index is 1.11. The van der Waals surface area contributed by atoms with Crippen LogP contribution in [0, 0.1) is 22.7 Å². The molecule has 6 aliphatic carbocycles. The fourth-order valence-corrected chi connectivity index (χ4v) is 10.5. The molecule has 4 bridgehead atoms. The number of benzene rings is 2. The molecular weight excluding hydrogens is 609 g/mol. The summed E-state index contributed by atoms with van der Waals surface area (Å²) in [4.78, 5) is 21.5. The number of hydrogen-bond donors (Lipinski definition) is 0. The van der Waals surface area contributed by atoms with E-state index in [1.54, 1.807) is 0 Å². The molecule has 0 amide bonds. The fraction of sp³-hybridized carbons (Fsp3) is 0.304. The Morgan fingerprint density at radius 2 is 0.780 bits per heavy atom. The Morgan fingerprint density at radius 3 is 1.18 bits per heavy atom. The molecule has 2 saturated carbocycles. The standard InChI is InChI=1S/C46H42N4/c1-45(2)31-25-33(45)41(43-29(31)21-23-39(49-43)37-19-11-17-35(47-37)27-13-7-5-8-14-27)42-34-26-32(46(34,3)4)30-22-24-40(50-44(30)42)38-20-12-18-36(48-38)28-15-9-6-10-16-28/h5-24,31-34,41-42H,25-26H2,1-4H3/t31-,32-,33+,34+,41+,42+/m0/s1. The highest BCUT2D eigenvalue weighted by Gasteiger charge is 2.65. The second-order valence-electron chi connectivity index (χ2n) is 16.4. The highest BCUT2D eigenvalue weighted by atomic mass is 14.9. The third-order valence-corrected chi connectivity index (χ3v) is 13.4. The van der Waals surface area contributed by atoms with Crippen LogP contribution in [0.3, 0.4) is 0 Å². The predicted molar refractivity (Wildman–Crippen MR) is 201 cm³/mol. The first-order valence-electron chi connectivity index (χ1n) is 18.4. The van der Waals surface area contributed by atoms with Crippen LogP contribution < -0.4 is 0 Å². The lowest BCUT2D eigenvalue weighted by Crippen LogP contribution is -2.57. The van der Waals surface area contributed by atoms with Crippen molar-refractivity contribution < 1.29 is 0 Å². The largest absolute Gasteiger partial charge is 0.251 e. The average molecular weight is 651 g/mol. The van der Waals surface area contributed by atoms with Gasteiger partial charge < -0.3 is 0 Å². The molecule has 2 fully saturated rings. The summed E-state index contributed by atoms with van der Waals surface area (Å²) in [5.74, 6) is 2.80. The molecule has 0 spiro atoms. The van der Waals surface area contributed by atoms with E-state index in [2.05, 4.69) is 149 Å². The molecule has 6 atom stereocenters. The zero-order valence-corrected chi connectivity index (χ0v) is 29.2. The molecule has 0 saturated heterocycles. The van der Waals surface area contributed by atoms with Crippen molar-refractivity contribution in [3.8, 4) is 45.3 Å². The van der Waals surface area contributed by atoms with Crippen LogP contribution in [0.5, 0.6) is 0 Å². The van der Waals surface area contributed by atoms with Gasteiger partial charge in [0.15, 0.2) is 0 Å². The third kappa shape index (κ3) is 4.30. The van der Waals surface area contributed by atoms with Gasteiger partial charge in [0.2, 0.25) is 0 Å². The maximum atomic E-state index is 5.62. The quantitative estimate of drug-likeness (QED) is 0.186. The van der Waals surface area contributed by atoms with Crippen molar-refractivity contribution in [1.82, 2.24) is 19.9 Å². The molecule has 246 valence electrons. The Kier molecular flexibility index (Phi) is 6.44. The van der Waals surface area contributed by atoms with Crippen LogP contribution in [-0.2, 0) is 0 Å². The second-order valence-corrected chi connectivity index (χ2v) is 16.4. The number of nitrogens with zero attached hydrogens (tertiary/aromatic N) is 4. The number of pyridine rings is 4. The van der Waals surface area contributed by atoms with Crippen LogP contribution in [0.25, 0.3) is 45.3 Å². The molecule has 0 radical (unpaired) electrons. The smallest absolute Gasteiger partial charge is 0.0893 e. The summed E-state index contributed by atoms with van der Waals surface area (Å²) in [5, 5.41) is 0. The van der Waals surface area contributed by atoms with Crippen molar-refractivity contribution >= 4 is 0 Å². The minimum Gasteiger partial charge on any atom is -0.251 e. The summed E-state index contributed by atoms with van der Waals surface area (Å²) in [5.41, 5.74) is 13.9. The summed E-state index contributed by atoms with van der Waals surface area (Å²) in [6, 6.07) is 42.8. The van der Waals surface area contributed by atoms with Gasteiger partial charge in [-0.05, 0) is 94.9 Å². The van der Waals surface area contributed by atoms with Gasteiger partial charge >= 0.3 is 0 Å². The van der Waals surface area contributed by atoms with Crippen molar-refractivity contribution in [2.24, 2.45) is 22.7 Å². The van der Waals surface area contributed by atoms with Crippen molar-refractivity contribution in [1.29, 1.82) is 0 Å². The van der Waals surface area contributed by atoms with E-state index in [1.165, 1.54) is 35.4 Å². The molecule has 12 rings (SSSR count). The van der Waals surface area contributed by atoms with Gasteiger partial charge in [0.05, 0.1) is 34.2 Å². The van der Waals surface area contributed by atoms with Crippen molar-refractivity contribution in [2.75, 3.05) is 0 Å². The molecular formula is C46H42N4. The zero-order chi connectivity index (χ0) is 33.8. The minimum absolute atomic E-state index is 0.223. The molecule has 2 aromatic carbocycles. The Labute approximate surface area is 295 Å². The van der Waals surface area contributed by atoms with E-state index in [0.29, 0.717) is 35.5 Å². The summed E-state index contributed by atoms with van der Waals surface area (Å²) >= 11 is 0. The summed E-state index contributed by atoms with van der Waals surface area (Å²) < 4.78 is 0. The number of hydrogen-bond acceptors (Lipinski definition) is 4. The van der Waals surface area contributed by atoms with E-state index in [1.807, 2.05) is 0 Å². The van der Waals surface area contributed by atoms with Crippen molar-refractivity contribution in [3.05, 3.63) is 144 Å². The first-order valence-corrected chi connectivity index (χ1v) is 18.4. The molecule has 50 heavy (non-hydrogen) atoms. The predicted octanol–water partition coefficient (Wildman–Crippen LogP) is 11.1. The van der Waals surface area contributed by atoms with Gasteiger partial charge in [-0.2, -0.15) is 0 Å². The highest BCUT2D eigenvalue weighted by molar-refractivity contribution is 5.66. The normalized spacial score (nSPS) is 26.2. The molecule has 4 heteroatoms. The summed E-state index contributed by atoms with van der Waals surface area (Å²) in [6.07, 6.45) is 2.46. The molecule has 0 N–H and O–H groups in total. The number of aromatic nitrogens is 4. The van der Waals surface area contributed by atoms with Crippen LogP contribution in [0.1, 0.15) is 86.7 Å². The lowest BCUT2D eigenvalue weighted by atomic mass is 9.37. The molecule has 4 nitrogen and oxygen atoms in total. The van der Waals surface area contributed by atoms with E-state index in [9.17, 15) is 0 Å². The molecule has 6 aliphatic rings. The van der Waals surface area contributed by atoms with Crippen LogP contribution in [0.2, 0.25) is 0 Å². The van der Waals surface area contributed by atoms with Crippen LogP contribution in [0.15, 0.2) is 121 Å². The monoisotopic (exact) mass is 650 g/mol. The number of rotatable bonds is 5. The van der Waals surface area contributed by atoms with Gasteiger partial charge in [0.1, 0.15) is 0 Å². The molecule has 6 aromatic rings. The SMILES string of the molecule is CC1(C)[C@@H]2C[C@H]1c1ccc(-c3cccc(-c4ccccc4)n3)nc1[C@H]2[C@@H]1c2nc(-c3cccc(-c4ccccc4)n3)ccc2[C@@H]2C[C@H]1C2(C)C. The first kappa shape index (κ1) is 29.9. The molecule has 0 unspecified atom stereocenters. The van der Waals surface area contributed by atoms with Crippen molar-refractivity contribution in [3.63, 3.8) is 0 Å². The van der Waals surface area contributed by atoms with Gasteiger partial charge in [0.25, 0.3) is 0 Å². The van der Waals surface area contributed by atoms with E-state index >= 15 is 0 Å². The van der Waals surface area contributed by atoms with Crippen LogP contribution >= 0.6 is 0 Å². The van der Waals surface area contributed by atoms with Gasteiger partial charge in [-0.3, -0.25) is 9.97 Å². The number of fused-ring (bicyclic) bond motifs is 1. The minimum atomic E-state index is 0.223. The Bertz CT molecular complexity index is 2110. The van der Waals surface area contributed by atoms with Gasteiger partial charge in [-0.15, -0.1) is 0 Å². The third-order valence-electron chi connectivity index (χ3n) is 13.4. The summed E-state index contributed by atoms with van der Waals surface area (Å²) in [7, 11) is 0. The lowest BCUT2D eigenvalue weighted by molar-refractivity contribution is -0.0673. The van der Waals surface area contributed by atoms with Crippen molar-refractivity contribution in [2.45, 2.75) is 64.2 Å². The van der Waals surface area contributed by atoms with E-state index in [0.717, 1.165) is 45.3 Å². The maximum Gasteiger partial charge on any atom is 0.0893 e. The highest BCUT2D eigenvalue weighted by Crippen LogP contribution is 2.75.